The van der Waals surface area contributed by atoms with Gasteiger partial charge in [-0.1, -0.05) is 0 Å². The Kier molecular flexibility index (Phi) is 2.68. The summed E-state index contributed by atoms with van der Waals surface area (Å²) in [5.41, 5.74) is 9.06. The third-order valence-corrected chi connectivity index (χ3v) is 1.36. The number of nitrogen functional groups attached to an aromatic ring is 2. The van der Waals surface area contributed by atoms with Crippen molar-refractivity contribution < 1.29 is 10.2 Å². The molecular weight excluding hydrogens is 188 g/mol. The molecule has 1 rings (SSSR count). The van der Waals surface area contributed by atoms with Crippen molar-refractivity contribution in [2.45, 2.75) is 12.6 Å². The number of nitrogens with two attached hydrogens (primary N) is 2. The SMILES string of the molecule is CC(O)(CO)Nc1nc(N)nc(N)n1. The Balaban J connectivity index is 2.87. The van der Waals surface area contributed by atoms with Gasteiger partial charge in [-0.05, 0) is 6.92 Å². The van der Waals surface area contributed by atoms with E-state index in [1.54, 1.807) is 0 Å². The van der Waals surface area contributed by atoms with Gasteiger partial charge in [0.25, 0.3) is 0 Å². The second-order valence-corrected chi connectivity index (χ2v) is 2.93. The van der Waals surface area contributed by atoms with Gasteiger partial charge >= 0.3 is 0 Å². The number of aliphatic hydroxyl groups excluding tert-OH is 1. The summed E-state index contributed by atoms with van der Waals surface area (Å²) in [6.07, 6.45) is 0. The minimum absolute atomic E-state index is 0.00838. The minimum Gasteiger partial charge on any atom is -0.391 e. The molecule has 0 aliphatic rings. The topological polar surface area (TPSA) is 143 Å². The van der Waals surface area contributed by atoms with Crippen LogP contribution in [0.3, 0.4) is 0 Å². The van der Waals surface area contributed by atoms with Gasteiger partial charge in [0.2, 0.25) is 17.8 Å². The lowest BCUT2D eigenvalue weighted by Crippen LogP contribution is -2.39. The molecule has 14 heavy (non-hydrogen) atoms. The van der Waals surface area contributed by atoms with Crippen molar-refractivity contribution in [1.29, 1.82) is 0 Å². The third-order valence-electron chi connectivity index (χ3n) is 1.36. The lowest BCUT2D eigenvalue weighted by molar-refractivity contribution is 0.0257. The van der Waals surface area contributed by atoms with Crippen molar-refractivity contribution in [3.05, 3.63) is 0 Å². The zero-order valence-electron chi connectivity index (χ0n) is 7.60. The van der Waals surface area contributed by atoms with E-state index in [-0.39, 0.29) is 17.8 Å². The lowest BCUT2D eigenvalue weighted by Gasteiger charge is -2.21. The number of rotatable bonds is 3. The number of anilines is 3. The van der Waals surface area contributed by atoms with E-state index in [9.17, 15) is 5.11 Å². The van der Waals surface area contributed by atoms with Crippen molar-refractivity contribution in [3.63, 3.8) is 0 Å². The Morgan fingerprint density at radius 3 is 2.21 bits per heavy atom. The van der Waals surface area contributed by atoms with E-state index >= 15 is 0 Å². The standard InChI is InChI=1S/C6H12N6O2/c1-6(14,2-13)12-5-10-3(7)9-4(8)11-5/h13-14H,2H2,1H3,(H5,7,8,9,10,11,12). The Bertz CT molecular complexity index is 308. The van der Waals surface area contributed by atoms with Crippen molar-refractivity contribution in [2.24, 2.45) is 0 Å². The number of aliphatic hydroxyl groups is 2. The number of hydrogen-bond donors (Lipinski definition) is 5. The molecule has 0 amide bonds. The Labute approximate surface area is 80.0 Å². The molecule has 8 nitrogen and oxygen atoms in total. The molecule has 0 aromatic carbocycles. The summed E-state index contributed by atoms with van der Waals surface area (Å²) in [6.45, 7) is 0.849. The molecule has 0 radical (unpaired) electrons. The Morgan fingerprint density at radius 1 is 1.29 bits per heavy atom. The van der Waals surface area contributed by atoms with E-state index < -0.39 is 12.3 Å². The van der Waals surface area contributed by atoms with Gasteiger partial charge in [-0.15, -0.1) is 0 Å². The number of nitrogens with one attached hydrogen (secondary N) is 1. The van der Waals surface area contributed by atoms with Crippen LogP contribution >= 0.6 is 0 Å². The summed E-state index contributed by atoms with van der Waals surface area (Å²) in [5.74, 6) is -0.114. The quantitative estimate of drug-likeness (QED) is 0.358. The molecule has 0 saturated carbocycles. The van der Waals surface area contributed by atoms with Crippen LogP contribution in [0.1, 0.15) is 6.92 Å². The predicted molar refractivity (Wildman–Crippen MR) is 50.0 cm³/mol. The van der Waals surface area contributed by atoms with Gasteiger partial charge in [0.1, 0.15) is 0 Å². The van der Waals surface area contributed by atoms with Gasteiger partial charge in [0, 0.05) is 0 Å². The number of aromatic nitrogens is 3. The van der Waals surface area contributed by atoms with Gasteiger partial charge in [-0.3, -0.25) is 0 Å². The molecule has 1 unspecified atom stereocenters. The van der Waals surface area contributed by atoms with Gasteiger partial charge < -0.3 is 27.0 Å². The largest absolute Gasteiger partial charge is 0.391 e. The maximum atomic E-state index is 9.42. The number of nitrogens with zero attached hydrogens (tertiary/aromatic N) is 3. The van der Waals surface area contributed by atoms with Crippen molar-refractivity contribution >= 4 is 17.8 Å². The first-order valence-corrected chi connectivity index (χ1v) is 3.81. The van der Waals surface area contributed by atoms with Crippen LogP contribution in [0.25, 0.3) is 0 Å². The smallest absolute Gasteiger partial charge is 0.231 e. The Morgan fingerprint density at radius 2 is 1.79 bits per heavy atom. The molecule has 0 aliphatic heterocycles. The molecule has 0 saturated heterocycles. The molecule has 7 N–H and O–H groups in total. The van der Waals surface area contributed by atoms with Crippen LogP contribution in [-0.4, -0.2) is 37.5 Å². The first kappa shape index (κ1) is 10.4. The molecular formula is C6H12N6O2. The first-order valence-electron chi connectivity index (χ1n) is 3.81. The van der Waals surface area contributed by atoms with Crippen molar-refractivity contribution in [2.75, 3.05) is 23.4 Å². The van der Waals surface area contributed by atoms with Crippen LogP contribution in [0, 0.1) is 0 Å². The maximum Gasteiger partial charge on any atom is 0.231 e. The van der Waals surface area contributed by atoms with Crippen LogP contribution in [-0.2, 0) is 0 Å². The molecule has 78 valence electrons. The monoisotopic (exact) mass is 200 g/mol. The highest BCUT2D eigenvalue weighted by Crippen LogP contribution is 2.09. The van der Waals surface area contributed by atoms with E-state index in [1.165, 1.54) is 6.92 Å². The fraction of sp³-hybridized carbons (Fsp3) is 0.500. The van der Waals surface area contributed by atoms with E-state index in [0.717, 1.165) is 0 Å². The van der Waals surface area contributed by atoms with Crippen LogP contribution in [0.2, 0.25) is 0 Å². The van der Waals surface area contributed by atoms with Gasteiger partial charge in [-0.2, -0.15) is 15.0 Å². The number of hydrogen-bond acceptors (Lipinski definition) is 8. The van der Waals surface area contributed by atoms with Crippen LogP contribution in [0.15, 0.2) is 0 Å². The zero-order valence-corrected chi connectivity index (χ0v) is 7.60. The average Bonchev–Trinajstić information content (AvgIpc) is 2.01. The molecule has 0 fully saturated rings. The summed E-state index contributed by atoms with van der Waals surface area (Å²) in [4.78, 5) is 10.9. The summed E-state index contributed by atoms with van der Waals surface area (Å²) in [7, 11) is 0. The van der Waals surface area contributed by atoms with E-state index in [4.69, 9.17) is 16.6 Å². The van der Waals surface area contributed by atoms with E-state index in [1.807, 2.05) is 0 Å². The molecule has 1 aromatic heterocycles. The van der Waals surface area contributed by atoms with Crippen LogP contribution in [0.5, 0.6) is 0 Å². The summed E-state index contributed by atoms with van der Waals surface area (Å²) in [5, 5.41) is 20.6. The Hall–Kier alpha value is -1.67. The second-order valence-electron chi connectivity index (χ2n) is 2.93. The molecule has 0 spiro atoms. The lowest BCUT2D eigenvalue weighted by atomic mass is 10.3. The molecule has 8 heteroatoms. The normalized spacial score (nSPS) is 14.8. The van der Waals surface area contributed by atoms with Gasteiger partial charge in [0.05, 0.1) is 6.61 Å². The molecule has 0 aliphatic carbocycles. The maximum absolute atomic E-state index is 9.42. The third kappa shape index (κ3) is 2.68. The predicted octanol–water partition coefficient (Wildman–Crippen LogP) is -1.85. The molecule has 0 bridgehead atoms. The van der Waals surface area contributed by atoms with Crippen LogP contribution < -0.4 is 16.8 Å². The minimum atomic E-state index is -1.53. The first-order chi connectivity index (χ1) is 6.43. The second kappa shape index (κ2) is 3.60. The molecule has 1 aromatic rings. The van der Waals surface area contributed by atoms with Crippen molar-refractivity contribution in [3.8, 4) is 0 Å². The van der Waals surface area contributed by atoms with Gasteiger partial charge in [0.15, 0.2) is 5.72 Å². The fourth-order valence-corrected chi connectivity index (χ4v) is 0.746. The van der Waals surface area contributed by atoms with Crippen LogP contribution in [0.4, 0.5) is 17.8 Å². The fourth-order valence-electron chi connectivity index (χ4n) is 0.746. The van der Waals surface area contributed by atoms with E-state index in [2.05, 4.69) is 20.3 Å². The van der Waals surface area contributed by atoms with E-state index in [0.29, 0.717) is 0 Å². The van der Waals surface area contributed by atoms with Gasteiger partial charge in [-0.25, -0.2) is 0 Å². The summed E-state index contributed by atoms with van der Waals surface area (Å²) in [6, 6.07) is 0. The highest BCUT2D eigenvalue weighted by atomic mass is 16.3. The summed E-state index contributed by atoms with van der Waals surface area (Å²) >= 11 is 0. The summed E-state index contributed by atoms with van der Waals surface area (Å²) < 4.78 is 0. The zero-order chi connectivity index (χ0) is 10.8. The average molecular weight is 200 g/mol. The molecule has 1 atom stereocenters. The van der Waals surface area contributed by atoms with Crippen molar-refractivity contribution in [1.82, 2.24) is 15.0 Å². The highest BCUT2D eigenvalue weighted by Gasteiger charge is 2.19. The molecule has 1 heterocycles. The highest BCUT2D eigenvalue weighted by molar-refractivity contribution is 5.38.